The fourth-order valence-corrected chi connectivity index (χ4v) is 3.09. The molecule has 120 valence electrons. The van der Waals surface area contributed by atoms with Crippen LogP contribution >= 0.6 is 11.6 Å². The van der Waals surface area contributed by atoms with E-state index >= 15 is 0 Å². The molecule has 1 fully saturated rings. The van der Waals surface area contributed by atoms with Gasteiger partial charge in [-0.2, -0.15) is 5.10 Å². The highest BCUT2D eigenvalue weighted by atomic mass is 35.5. The molecule has 1 aliphatic heterocycles. The first-order chi connectivity index (χ1) is 10.2. The van der Waals surface area contributed by atoms with Crippen molar-refractivity contribution in [2.45, 2.75) is 58.9 Å². The third kappa shape index (κ3) is 4.19. The summed E-state index contributed by atoms with van der Waals surface area (Å²) in [5.41, 5.74) is 2.09. The SMILES string of the molecule is CCNC(Cc1c(Cl)c(CC)nn1CC)CC1OCCO1. The van der Waals surface area contributed by atoms with Gasteiger partial charge in [-0.05, 0) is 19.9 Å². The summed E-state index contributed by atoms with van der Waals surface area (Å²) in [6.07, 6.45) is 2.44. The lowest BCUT2D eigenvalue weighted by Gasteiger charge is -2.21. The molecular weight excluding hydrogens is 290 g/mol. The minimum Gasteiger partial charge on any atom is -0.350 e. The summed E-state index contributed by atoms with van der Waals surface area (Å²) in [4.78, 5) is 0. The molecule has 2 heterocycles. The van der Waals surface area contributed by atoms with Crippen molar-refractivity contribution in [3.8, 4) is 0 Å². The predicted octanol–water partition coefficient (Wildman–Crippen LogP) is 2.40. The van der Waals surface area contributed by atoms with Crippen molar-refractivity contribution >= 4 is 11.6 Å². The quantitative estimate of drug-likeness (QED) is 0.800. The molecule has 1 aliphatic rings. The molecule has 1 aromatic rings. The minimum absolute atomic E-state index is 0.100. The van der Waals surface area contributed by atoms with Crippen molar-refractivity contribution in [1.29, 1.82) is 0 Å². The van der Waals surface area contributed by atoms with Gasteiger partial charge in [0.1, 0.15) is 0 Å². The number of halogens is 1. The summed E-state index contributed by atoms with van der Waals surface area (Å²) >= 11 is 6.50. The number of hydrogen-bond acceptors (Lipinski definition) is 4. The zero-order valence-electron chi connectivity index (χ0n) is 13.2. The van der Waals surface area contributed by atoms with Gasteiger partial charge in [0.05, 0.1) is 29.6 Å². The Labute approximate surface area is 131 Å². The molecule has 0 bridgehead atoms. The number of aryl methyl sites for hydroxylation is 2. The molecule has 1 N–H and O–H groups in total. The molecule has 0 saturated carbocycles. The van der Waals surface area contributed by atoms with Crippen molar-refractivity contribution in [3.05, 3.63) is 16.4 Å². The fraction of sp³-hybridized carbons (Fsp3) is 0.800. The van der Waals surface area contributed by atoms with Crippen LogP contribution in [0.3, 0.4) is 0 Å². The van der Waals surface area contributed by atoms with Crippen LogP contribution < -0.4 is 5.32 Å². The largest absolute Gasteiger partial charge is 0.350 e. The van der Waals surface area contributed by atoms with E-state index in [9.17, 15) is 0 Å². The first-order valence-corrected chi connectivity index (χ1v) is 8.27. The summed E-state index contributed by atoms with van der Waals surface area (Å²) in [5.74, 6) is 0. The Kier molecular flexibility index (Phi) is 6.48. The molecular formula is C15H26ClN3O2. The molecule has 5 nitrogen and oxygen atoms in total. The van der Waals surface area contributed by atoms with Crippen LogP contribution in [-0.4, -0.2) is 41.9 Å². The number of aromatic nitrogens is 2. The molecule has 0 spiro atoms. The van der Waals surface area contributed by atoms with E-state index in [1.54, 1.807) is 0 Å². The van der Waals surface area contributed by atoms with Gasteiger partial charge >= 0.3 is 0 Å². The van der Waals surface area contributed by atoms with Crippen LogP contribution in [0.25, 0.3) is 0 Å². The molecule has 2 rings (SSSR count). The highest BCUT2D eigenvalue weighted by molar-refractivity contribution is 6.31. The summed E-state index contributed by atoms with van der Waals surface area (Å²) < 4.78 is 13.1. The van der Waals surface area contributed by atoms with Crippen LogP contribution in [-0.2, 0) is 28.9 Å². The molecule has 1 aromatic heterocycles. The molecule has 21 heavy (non-hydrogen) atoms. The molecule has 0 aromatic carbocycles. The highest BCUT2D eigenvalue weighted by Gasteiger charge is 2.24. The van der Waals surface area contributed by atoms with Crippen LogP contribution in [0, 0.1) is 0 Å². The van der Waals surface area contributed by atoms with Crippen molar-refractivity contribution in [3.63, 3.8) is 0 Å². The average Bonchev–Trinajstić information content (AvgIpc) is 3.08. The Bertz CT molecular complexity index is 444. The molecule has 1 unspecified atom stereocenters. The van der Waals surface area contributed by atoms with Crippen LogP contribution in [0.1, 0.15) is 38.6 Å². The normalized spacial score (nSPS) is 17.5. The van der Waals surface area contributed by atoms with Gasteiger partial charge < -0.3 is 14.8 Å². The third-order valence-corrected chi connectivity index (χ3v) is 4.23. The van der Waals surface area contributed by atoms with E-state index in [1.165, 1.54) is 0 Å². The van der Waals surface area contributed by atoms with Crippen LogP contribution in [0.15, 0.2) is 0 Å². The van der Waals surface area contributed by atoms with E-state index in [2.05, 4.69) is 31.2 Å². The molecule has 0 aliphatic carbocycles. The predicted molar refractivity (Wildman–Crippen MR) is 83.8 cm³/mol. The van der Waals surface area contributed by atoms with Crippen LogP contribution in [0.4, 0.5) is 0 Å². The number of nitrogens with zero attached hydrogens (tertiary/aromatic N) is 2. The van der Waals surface area contributed by atoms with Gasteiger partial charge in [0, 0.05) is 25.4 Å². The van der Waals surface area contributed by atoms with Crippen molar-refractivity contribution in [2.24, 2.45) is 0 Å². The standard InChI is InChI=1S/C15H26ClN3O2/c1-4-12-15(16)13(19(6-3)18-12)9-11(17-5-2)10-14-20-7-8-21-14/h11,14,17H,4-10H2,1-3H3. The second-order valence-electron chi connectivity index (χ2n) is 5.24. The van der Waals surface area contributed by atoms with Gasteiger partial charge in [-0.25, -0.2) is 0 Å². The molecule has 0 amide bonds. The lowest BCUT2D eigenvalue weighted by molar-refractivity contribution is -0.0526. The Hall–Kier alpha value is -0.620. The fourth-order valence-electron chi connectivity index (χ4n) is 2.75. The summed E-state index contributed by atoms with van der Waals surface area (Å²) in [5, 5.41) is 8.91. The van der Waals surface area contributed by atoms with Gasteiger partial charge in [0.2, 0.25) is 0 Å². The van der Waals surface area contributed by atoms with Crippen LogP contribution in [0.5, 0.6) is 0 Å². The van der Waals surface area contributed by atoms with Gasteiger partial charge in [-0.15, -0.1) is 0 Å². The van der Waals surface area contributed by atoms with Crippen molar-refractivity contribution < 1.29 is 9.47 Å². The summed E-state index contributed by atoms with van der Waals surface area (Å²) in [6.45, 7) is 9.42. The second-order valence-corrected chi connectivity index (χ2v) is 5.62. The second kappa shape index (κ2) is 8.13. The first kappa shape index (κ1) is 16.7. The topological polar surface area (TPSA) is 48.3 Å². The van der Waals surface area contributed by atoms with E-state index in [4.69, 9.17) is 21.1 Å². The molecule has 6 heteroatoms. The summed E-state index contributed by atoms with van der Waals surface area (Å²) in [6, 6.07) is 0.280. The number of rotatable bonds is 8. The van der Waals surface area contributed by atoms with Crippen molar-refractivity contribution in [1.82, 2.24) is 15.1 Å². The summed E-state index contributed by atoms with van der Waals surface area (Å²) in [7, 11) is 0. The van der Waals surface area contributed by atoms with Gasteiger partial charge in [-0.3, -0.25) is 4.68 Å². The number of likely N-dealkylation sites (N-methyl/N-ethyl adjacent to an activating group) is 1. The van der Waals surface area contributed by atoms with Gasteiger partial charge in [0.25, 0.3) is 0 Å². The maximum absolute atomic E-state index is 6.50. The van der Waals surface area contributed by atoms with E-state index < -0.39 is 0 Å². The Morgan fingerprint density at radius 1 is 1.33 bits per heavy atom. The van der Waals surface area contributed by atoms with Gasteiger partial charge in [-0.1, -0.05) is 25.4 Å². The lowest BCUT2D eigenvalue weighted by Crippen LogP contribution is -2.35. The third-order valence-electron chi connectivity index (χ3n) is 3.79. The van der Waals surface area contributed by atoms with E-state index in [0.29, 0.717) is 13.2 Å². The Morgan fingerprint density at radius 3 is 2.62 bits per heavy atom. The minimum atomic E-state index is -0.100. The smallest absolute Gasteiger partial charge is 0.159 e. The molecule has 1 atom stereocenters. The molecule has 1 saturated heterocycles. The van der Waals surface area contributed by atoms with Gasteiger partial charge in [0.15, 0.2) is 6.29 Å². The number of nitrogens with one attached hydrogen (secondary N) is 1. The number of hydrogen-bond donors (Lipinski definition) is 1. The zero-order valence-corrected chi connectivity index (χ0v) is 13.9. The highest BCUT2D eigenvalue weighted by Crippen LogP contribution is 2.24. The van der Waals surface area contributed by atoms with E-state index in [-0.39, 0.29) is 12.3 Å². The Balaban J connectivity index is 2.09. The maximum atomic E-state index is 6.50. The average molecular weight is 316 g/mol. The van der Waals surface area contributed by atoms with Crippen molar-refractivity contribution in [2.75, 3.05) is 19.8 Å². The first-order valence-electron chi connectivity index (χ1n) is 7.90. The zero-order chi connectivity index (χ0) is 15.2. The monoisotopic (exact) mass is 315 g/mol. The van der Waals surface area contributed by atoms with Crippen LogP contribution in [0.2, 0.25) is 5.02 Å². The lowest BCUT2D eigenvalue weighted by atomic mass is 10.1. The number of ether oxygens (including phenoxy) is 2. The van der Waals surface area contributed by atoms with E-state index in [1.807, 2.05) is 4.68 Å². The van der Waals surface area contributed by atoms with E-state index in [0.717, 1.165) is 48.8 Å². The maximum Gasteiger partial charge on any atom is 0.159 e. The molecule has 0 radical (unpaired) electrons. The Morgan fingerprint density at radius 2 is 2.05 bits per heavy atom.